The van der Waals surface area contributed by atoms with Crippen molar-refractivity contribution in [1.82, 2.24) is 10.3 Å². The van der Waals surface area contributed by atoms with Crippen LogP contribution in [0.5, 0.6) is 0 Å². The third kappa shape index (κ3) is 2.16. The van der Waals surface area contributed by atoms with Crippen molar-refractivity contribution in [3.8, 4) is 0 Å². The molecule has 0 atom stereocenters. The van der Waals surface area contributed by atoms with E-state index in [1.807, 2.05) is 6.07 Å². The number of fused-ring (bicyclic) bond motifs is 1. The van der Waals surface area contributed by atoms with Crippen LogP contribution in [0.25, 0.3) is 10.1 Å². The third-order valence-electron chi connectivity index (χ3n) is 4.53. The maximum atomic E-state index is 12.3. The largest absolute Gasteiger partial charge is 0.397 e. The Balaban J connectivity index is 1.77. The molecule has 106 valence electrons. The summed E-state index contributed by atoms with van der Waals surface area (Å²) in [5.74, 6) is -0.0524. The molecule has 1 amide bonds. The molecule has 4 nitrogen and oxygen atoms in total. The van der Waals surface area contributed by atoms with Crippen molar-refractivity contribution < 1.29 is 4.79 Å². The number of carbonyl (C=O) groups excluding carboxylic acids is 1. The Morgan fingerprint density at radius 3 is 2.95 bits per heavy atom. The summed E-state index contributed by atoms with van der Waals surface area (Å²) in [7, 11) is 0. The van der Waals surface area contributed by atoms with Crippen LogP contribution in [-0.4, -0.2) is 17.4 Å². The van der Waals surface area contributed by atoms with Gasteiger partial charge in [0.15, 0.2) is 0 Å². The van der Waals surface area contributed by atoms with E-state index in [2.05, 4.69) is 17.2 Å². The third-order valence-corrected chi connectivity index (χ3v) is 5.68. The molecular formula is C15H19N3OS. The minimum Gasteiger partial charge on any atom is -0.397 e. The lowest BCUT2D eigenvalue weighted by atomic mass is 9.67. The van der Waals surface area contributed by atoms with Crippen molar-refractivity contribution in [3.05, 3.63) is 23.3 Å². The van der Waals surface area contributed by atoms with Gasteiger partial charge in [-0.25, -0.2) is 0 Å². The number of nitrogens with one attached hydrogen (secondary N) is 1. The lowest BCUT2D eigenvalue weighted by Crippen LogP contribution is -2.41. The molecule has 2 aromatic heterocycles. The van der Waals surface area contributed by atoms with Gasteiger partial charge in [-0.3, -0.25) is 9.78 Å². The second kappa shape index (κ2) is 5.05. The number of hydrogen-bond acceptors (Lipinski definition) is 4. The first-order valence-electron chi connectivity index (χ1n) is 7.05. The first-order valence-corrected chi connectivity index (χ1v) is 7.87. The molecule has 0 aliphatic heterocycles. The number of hydrogen-bond donors (Lipinski definition) is 2. The monoisotopic (exact) mass is 289 g/mol. The Morgan fingerprint density at radius 1 is 1.55 bits per heavy atom. The van der Waals surface area contributed by atoms with E-state index in [1.54, 1.807) is 12.4 Å². The number of nitrogens with zero attached hydrogens (tertiary/aromatic N) is 1. The minimum atomic E-state index is -0.0524. The van der Waals surface area contributed by atoms with Crippen molar-refractivity contribution in [3.63, 3.8) is 0 Å². The van der Waals surface area contributed by atoms with Crippen LogP contribution in [-0.2, 0) is 0 Å². The van der Waals surface area contributed by atoms with E-state index in [1.165, 1.54) is 30.6 Å². The average Bonchev–Trinajstić information content (AvgIpc) is 2.76. The number of thiophene rings is 1. The van der Waals surface area contributed by atoms with Crippen molar-refractivity contribution in [2.24, 2.45) is 5.41 Å². The lowest BCUT2D eigenvalue weighted by molar-refractivity contribution is 0.0854. The van der Waals surface area contributed by atoms with Gasteiger partial charge in [-0.2, -0.15) is 0 Å². The van der Waals surface area contributed by atoms with E-state index in [0.29, 0.717) is 16.0 Å². The summed E-state index contributed by atoms with van der Waals surface area (Å²) in [6.07, 6.45) is 8.30. The summed E-state index contributed by atoms with van der Waals surface area (Å²) in [5, 5.41) is 3.99. The molecule has 20 heavy (non-hydrogen) atoms. The zero-order chi connectivity index (χ0) is 14.2. The van der Waals surface area contributed by atoms with Gasteiger partial charge in [0.25, 0.3) is 5.91 Å². The van der Waals surface area contributed by atoms with Gasteiger partial charge in [-0.15, -0.1) is 11.3 Å². The summed E-state index contributed by atoms with van der Waals surface area (Å²) >= 11 is 1.42. The molecule has 1 aliphatic rings. The van der Waals surface area contributed by atoms with Crippen molar-refractivity contribution in [2.45, 2.75) is 32.6 Å². The number of amides is 1. The Hall–Kier alpha value is -1.62. The first-order chi connectivity index (χ1) is 9.65. The van der Waals surface area contributed by atoms with Gasteiger partial charge in [-0.1, -0.05) is 13.3 Å². The summed E-state index contributed by atoms with van der Waals surface area (Å²) < 4.78 is 0.962. The fourth-order valence-electron chi connectivity index (χ4n) is 2.82. The number of aromatic nitrogens is 1. The Bertz CT molecular complexity index is 640. The molecule has 0 unspecified atom stereocenters. The topological polar surface area (TPSA) is 68.0 Å². The van der Waals surface area contributed by atoms with E-state index < -0.39 is 0 Å². The summed E-state index contributed by atoms with van der Waals surface area (Å²) in [5.41, 5.74) is 6.98. The van der Waals surface area contributed by atoms with Gasteiger partial charge in [0.2, 0.25) is 0 Å². The number of anilines is 1. The van der Waals surface area contributed by atoms with Crippen molar-refractivity contribution >= 4 is 33.0 Å². The highest BCUT2D eigenvalue weighted by molar-refractivity contribution is 7.21. The maximum Gasteiger partial charge on any atom is 0.263 e. The Kier molecular flexibility index (Phi) is 3.38. The van der Waals surface area contributed by atoms with E-state index in [0.717, 1.165) is 23.1 Å². The zero-order valence-corrected chi connectivity index (χ0v) is 12.4. The summed E-state index contributed by atoms with van der Waals surface area (Å²) in [4.78, 5) is 17.0. The molecular weight excluding hydrogens is 270 g/mol. The minimum absolute atomic E-state index is 0.0524. The summed E-state index contributed by atoms with van der Waals surface area (Å²) in [6.45, 7) is 2.96. The second-order valence-electron chi connectivity index (χ2n) is 5.61. The highest BCUT2D eigenvalue weighted by Crippen LogP contribution is 2.43. The lowest BCUT2D eigenvalue weighted by Gasteiger charge is -2.41. The molecule has 0 bridgehead atoms. The molecule has 2 heterocycles. The molecule has 1 saturated carbocycles. The van der Waals surface area contributed by atoms with Crippen LogP contribution in [0.3, 0.4) is 0 Å². The second-order valence-corrected chi connectivity index (χ2v) is 6.66. The van der Waals surface area contributed by atoms with Crippen molar-refractivity contribution in [1.29, 1.82) is 0 Å². The molecule has 5 heteroatoms. The average molecular weight is 289 g/mol. The molecule has 0 saturated heterocycles. The van der Waals surface area contributed by atoms with Gasteiger partial charge in [0, 0.05) is 24.3 Å². The van der Waals surface area contributed by atoms with Crippen LogP contribution in [0.4, 0.5) is 5.69 Å². The number of rotatable bonds is 4. The van der Waals surface area contributed by atoms with E-state index in [9.17, 15) is 4.79 Å². The predicted octanol–water partition coefficient (Wildman–Crippen LogP) is 3.19. The fraction of sp³-hybridized carbons (Fsp3) is 0.467. The SMILES string of the molecule is CCC1(CNC(=O)c2sc3cnccc3c2N)CCC1. The van der Waals surface area contributed by atoms with Crippen LogP contribution in [0.1, 0.15) is 42.3 Å². The fourth-order valence-corrected chi connectivity index (χ4v) is 3.83. The van der Waals surface area contributed by atoms with E-state index >= 15 is 0 Å². The van der Waals surface area contributed by atoms with Crippen LogP contribution in [0, 0.1) is 5.41 Å². The Morgan fingerprint density at radius 2 is 2.35 bits per heavy atom. The quantitative estimate of drug-likeness (QED) is 0.908. The van der Waals surface area contributed by atoms with Crippen molar-refractivity contribution in [2.75, 3.05) is 12.3 Å². The van der Waals surface area contributed by atoms with Gasteiger partial charge in [0.1, 0.15) is 4.88 Å². The predicted molar refractivity (Wildman–Crippen MR) is 82.9 cm³/mol. The molecule has 2 aromatic rings. The van der Waals surface area contributed by atoms with Gasteiger partial charge in [0.05, 0.1) is 10.4 Å². The van der Waals surface area contributed by atoms with Crippen LogP contribution >= 0.6 is 11.3 Å². The molecule has 0 radical (unpaired) electrons. The number of nitrogen functional groups attached to an aromatic ring is 1. The maximum absolute atomic E-state index is 12.3. The van der Waals surface area contributed by atoms with Gasteiger partial charge in [-0.05, 0) is 30.7 Å². The molecule has 3 rings (SSSR count). The van der Waals surface area contributed by atoms with Gasteiger partial charge >= 0.3 is 0 Å². The standard InChI is InChI=1S/C15H19N3OS/c1-2-15(5-3-6-15)9-18-14(19)13-12(16)10-4-7-17-8-11(10)20-13/h4,7-8H,2-3,5-6,9,16H2,1H3,(H,18,19). The summed E-state index contributed by atoms with van der Waals surface area (Å²) in [6, 6.07) is 1.86. The van der Waals surface area contributed by atoms with Gasteiger partial charge < -0.3 is 11.1 Å². The zero-order valence-electron chi connectivity index (χ0n) is 11.6. The number of pyridine rings is 1. The molecule has 0 spiro atoms. The smallest absolute Gasteiger partial charge is 0.263 e. The molecule has 0 aromatic carbocycles. The van der Waals surface area contributed by atoms with Crippen LogP contribution in [0.2, 0.25) is 0 Å². The molecule has 3 N–H and O–H groups in total. The Labute approximate surface area is 122 Å². The first kappa shape index (κ1) is 13.4. The van der Waals surface area contributed by atoms with E-state index in [4.69, 9.17) is 5.73 Å². The molecule has 1 aliphatic carbocycles. The van der Waals surface area contributed by atoms with Crippen LogP contribution < -0.4 is 11.1 Å². The highest BCUT2D eigenvalue weighted by Gasteiger charge is 2.35. The highest BCUT2D eigenvalue weighted by atomic mass is 32.1. The van der Waals surface area contributed by atoms with Crippen LogP contribution in [0.15, 0.2) is 18.5 Å². The number of carbonyl (C=O) groups is 1. The molecule has 1 fully saturated rings. The normalized spacial score (nSPS) is 16.9. The number of nitrogens with two attached hydrogens (primary N) is 1. The van der Waals surface area contributed by atoms with E-state index in [-0.39, 0.29) is 5.91 Å².